The molecule has 2 saturated heterocycles. The molecule has 2 atom stereocenters. The van der Waals surface area contributed by atoms with Crippen molar-refractivity contribution >= 4 is 5.97 Å². The van der Waals surface area contributed by atoms with Crippen molar-refractivity contribution in [2.75, 3.05) is 26.2 Å². The predicted octanol–water partition coefficient (Wildman–Crippen LogP) is 1.06. The summed E-state index contributed by atoms with van der Waals surface area (Å²) in [6, 6.07) is 0.614. The second kappa shape index (κ2) is 6.11. The summed E-state index contributed by atoms with van der Waals surface area (Å²) in [5, 5.41) is 14.2. The molecule has 24 heavy (non-hydrogen) atoms. The molecule has 1 saturated carbocycles. The minimum atomic E-state index is -0.618. The molecule has 0 spiro atoms. The van der Waals surface area contributed by atoms with Gasteiger partial charge in [-0.15, -0.1) is 0 Å². The summed E-state index contributed by atoms with van der Waals surface area (Å²) in [5.41, 5.74) is -0.598. The molecule has 4 rings (SSSR count). The number of nitrogens with zero attached hydrogens (tertiary/aromatic N) is 5. The molecule has 132 valence electrons. The van der Waals surface area contributed by atoms with Crippen LogP contribution in [0, 0.1) is 11.3 Å². The first kappa shape index (κ1) is 16.0. The highest BCUT2D eigenvalue weighted by Crippen LogP contribution is 2.45. The lowest BCUT2D eigenvalue weighted by Crippen LogP contribution is -2.42. The Morgan fingerprint density at radius 3 is 2.79 bits per heavy atom. The first-order valence-corrected chi connectivity index (χ1v) is 9.19. The molecule has 1 N–H and O–H groups in total. The molecule has 7 heteroatoms. The Balaban J connectivity index is 1.48. The Kier molecular flexibility index (Phi) is 4.08. The van der Waals surface area contributed by atoms with Gasteiger partial charge in [-0.3, -0.25) is 14.6 Å². The molecule has 1 aliphatic carbocycles. The van der Waals surface area contributed by atoms with Gasteiger partial charge in [0, 0.05) is 44.7 Å². The number of carbonyl (C=O) groups is 1. The molecule has 3 fully saturated rings. The van der Waals surface area contributed by atoms with Crippen LogP contribution >= 0.6 is 0 Å². The van der Waals surface area contributed by atoms with Gasteiger partial charge in [0.15, 0.2) is 0 Å². The van der Waals surface area contributed by atoms with Gasteiger partial charge in [0.05, 0.1) is 12.0 Å². The summed E-state index contributed by atoms with van der Waals surface area (Å²) < 4.78 is 1.90. The van der Waals surface area contributed by atoms with Crippen LogP contribution in [0.2, 0.25) is 0 Å². The second-order valence-electron chi connectivity index (χ2n) is 7.69. The molecule has 0 amide bonds. The SMILES string of the molecule is CCn1ncnc1CN1C[C@@H]2CN(C3CCCC3)C[C@]2(C(=O)O)C1. The number of aryl methyl sites for hydroxylation is 1. The highest BCUT2D eigenvalue weighted by Gasteiger charge is 2.58. The van der Waals surface area contributed by atoms with E-state index in [4.69, 9.17) is 0 Å². The number of likely N-dealkylation sites (tertiary alicyclic amines) is 2. The minimum Gasteiger partial charge on any atom is -0.481 e. The summed E-state index contributed by atoms with van der Waals surface area (Å²) in [5.74, 6) is 0.548. The third kappa shape index (κ3) is 2.54. The number of carboxylic acids is 1. The lowest BCUT2D eigenvalue weighted by Gasteiger charge is -2.28. The summed E-state index contributed by atoms with van der Waals surface area (Å²) in [6.07, 6.45) is 6.66. The number of carboxylic acid groups (broad SMARTS) is 1. The fourth-order valence-corrected chi connectivity index (χ4v) is 5.05. The van der Waals surface area contributed by atoms with Crippen molar-refractivity contribution in [2.45, 2.75) is 51.7 Å². The number of aromatic nitrogens is 3. The molecule has 0 aromatic carbocycles. The van der Waals surface area contributed by atoms with Crippen LogP contribution in [0.4, 0.5) is 0 Å². The standard InChI is InChI=1S/C17H27N5O2/c1-2-22-15(18-12-19-22)9-20-7-13-8-21(14-5-3-4-6-14)11-17(13,10-20)16(23)24/h12-14H,2-11H2,1H3,(H,23,24)/t13-,17-/m1/s1. The van der Waals surface area contributed by atoms with Gasteiger partial charge in [-0.25, -0.2) is 9.67 Å². The zero-order valence-corrected chi connectivity index (χ0v) is 14.4. The maximum Gasteiger partial charge on any atom is 0.312 e. The maximum atomic E-state index is 12.2. The molecular weight excluding hydrogens is 306 g/mol. The van der Waals surface area contributed by atoms with Crippen molar-refractivity contribution in [1.29, 1.82) is 0 Å². The molecule has 0 unspecified atom stereocenters. The molecule has 0 bridgehead atoms. The van der Waals surface area contributed by atoms with Crippen molar-refractivity contribution in [1.82, 2.24) is 24.6 Å². The van der Waals surface area contributed by atoms with Gasteiger partial charge >= 0.3 is 5.97 Å². The van der Waals surface area contributed by atoms with Gasteiger partial charge < -0.3 is 5.11 Å². The van der Waals surface area contributed by atoms with Gasteiger partial charge in [0.2, 0.25) is 0 Å². The van der Waals surface area contributed by atoms with E-state index in [1.807, 2.05) is 4.68 Å². The largest absolute Gasteiger partial charge is 0.481 e. The summed E-state index contributed by atoms with van der Waals surface area (Å²) in [7, 11) is 0. The van der Waals surface area contributed by atoms with Crippen molar-refractivity contribution in [3.8, 4) is 0 Å². The van der Waals surface area contributed by atoms with Crippen LogP contribution in [0.3, 0.4) is 0 Å². The Hall–Kier alpha value is -1.47. The average molecular weight is 333 g/mol. The predicted molar refractivity (Wildman–Crippen MR) is 88.4 cm³/mol. The van der Waals surface area contributed by atoms with E-state index in [2.05, 4.69) is 26.8 Å². The Labute approximate surface area is 142 Å². The number of hydrogen-bond donors (Lipinski definition) is 1. The van der Waals surface area contributed by atoms with E-state index in [1.54, 1.807) is 6.33 Å². The van der Waals surface area contributed by atoms with Gasteiger partial charge in [0.1, 0.15) is 12.2 Å². The van der Waals surface area contributed by atoms with Crippen molar-refractivity contribution in [2.24, 2.45) is 11.3 Å². The number of hydrogen-bond acceptors (Lipinski definition) is 5. The van der Waals surface area contributed by atoms with Crippen molar-refractivity contribution in [3.05, 3.63) is 12.2 Å². The fourth-order valence-electron chi connectivity index (χ4n) is 5.05. The Morgan fingerprint density at radius 1 is 1.33 bits per heavy atom. The Morgan fingerprint density at radius 2 is 2.12 bits per heavy atom. The van der Waals surface area contributed by atoms with Crippen LogP contribution < -0.4 is 0 Å². The van der Waals surface area contributed by atoms with Gasteiger partial charge in [-0.2, -0.15) is 5.10 Å². The van der Waals surface area contributed by atoms with E-state index >= 15 is 0 Å². The molecule has 1 aromatic rings. The van der Waals surface area contributed by atoms with E-state index < -0.39 is 11.4 Å². The smallest absolute Gasteiger partial charge is 0.312 e. The fraction of sp³-hybridized carbons (Fsp3) is 0.824. The molecular formula is C17H27N5O2. The van der Waals surface area contributed by atoms with Crippen LogP contribution in [-0.4, -0.2) is 67.9 Å². The van der Waals surface area contributed by atoms with E-state index in [1.165, 1.54) is 25.7 Å². The highest BCUT2D eigenvalue weighted by molar-refractivity contribution is 5.77. The van der Waals surface area contributed by atoms with E-state index in [0.29, 0.717) is 25.7 Å². The van der Waals surface area contributed by atoms with Crippen LogP contribution in [-0.2, 0) is 17.9 Å². The molecule has 1 aromatic heterocycles. The van der Waals surface area contributed by atoms with E-state index in [-0.39, 0.29) is 5.92 Å². The zero-order chi connectivity index (χ0) is 16.7. The number of rotatable bonds is 5. The molecule has 2 aliphatic heterocycles. The molecule has 7 nitrogen and oxygen atoms in total. The number of fused-ring (bicyclic) bond motifs is 1. The first-order chi connectivity index (χ1) is 11.6. The quantitative estimate of drug-likeness (QED) is 0.868. The Bertz CT molecular complexity index is 612. The van der Waals surface area contributed by atoms with Crippen molar-refractivity contribution < 1.29 is 9.90 Å². The first-order valence-electron chi connectivity index (χ1n) is 9.19. The summed E-state index contributed by atoms with van der Waals surface area (Å²) in [6.45, 7) is 6.69. The summed E-state index contributed by atoms with van der Waals surface area (Å²) in [4.78, 5) is 21.2. The van der Waals surface area contributed by atoms with Crippen LogP contribution in [0.1, 0.15) is 38.4 Å². The van der Waals surface area contributed by atoms with Crippen LogP contribution in [0.5, 0.6) is 0 Å². The third-order valence-corrected chi connectivity index (χ3v) is 6.33. The van der Waals surface area contributed by atoms with Crippen molar-refractivity contribution in [3.63, 3.8) is 0 Å². The maximum absolute atomic E-state index is 12.2. The summed E-state index contributed by atoms with van der Waals surface area (Å²) >= 11 is 0. The highest BCUT2D eigenvalue weighted by atomic mass is 16.4. The van der Waals surface area contributed by atoms with E-state index in [9.17, 15) is 9.90 Å². The molecule has 3 heterocycles. The molecule has 0 radical (unpaired) electrons. The van der Waals surface area contributed by atoms with Gasteiger partial charge in [-0.05, 0) is 19.8 Å². The lowest BCUT2D eigenvalue weighted by atomic mass is 9.81. The van der Waals surface area contributed by atoms with Gasteiger partial charge in [-0.1, -0.05) is 12.8 Å². The zero-order valence-electron chi connectivity index (χ0n) is 14.4. The average Bonchev–Trinajstić information content (AvgIpc) is 3.30. The van der Waals surface area contributed by atoms with E-state index in [0.717, 1.165) is 25.5 Å². The monoisotopic (exact) mass is 333 g/mol. The van der Waals surface area contributed by atoms with Crippen LogP contribution in [0.25, 0.3) is 0 Å². The second-order valence-corrected chi connectivity index (χ2v) is 7.69. The third-order valence-electron chi connectivity index (χ3n) is 6.33. The normalized spacial score (nSPS) is 31.8. The molecule has 3 aliphatic rings. The topological polar surface area (TPSA) is 74.5 Å². The van der Waals surface area contributed by atoms with Gasteiger partial charge in [0.25, 0.3) is 0 Å². The number of aliphatic carboxylic acids is 1. The lowest BCUT2D eigenvalue weighted by molar-refractivity contribution is -0.149. The van der Waals surface area contributed by atoms with Crippen LogP contribution in [0.15, 0.2) is 6.33 Å². The minimum absolute atomic E-state index is 0.230.